The van der Waals surface area contributed by atoms with Crippen molar-refractivity contribution in [2.75, 3.05) is 0 Å². The van der Waals surface area contributed by atoms with E-state index in [1.54, 1.807) is 30.5 Å². The lowest BCUT2D eigenvalue weighted by Crippen LogP contribution is -1.86. The SMILES string of the molecule is Fc1ccc(-c2ccc(-c3ccc(F)cc3)nc2)cc1. The molecule has 1 aromatic heterocycles. The van der Waals surface area contributed by atoms with Crippen molar-refractivity contribution in [1.82, 2.24) is 4.98 Å². The molecule has 0 bridgehead atoms. The lowest BCUT2D eigenvalue weighted by Gasteiger charge is -2.04. The third-order valence-electron chi connectivity index (χ3n) is 3.08. The summed E-state index contributed by atoms with van der Waals surface area (Å²) in [5.74, 6) is -0.527. The Kier molecular flexibility index (Phi) is 3.25. The summed E-state index contributed by atoms with van der Waals surface area (Å²) in [6.45, 7) is 0. The second-order valence-electron chi connectivity index (χ2n) is 4.45. The summed E-state index contributed by atoms with van der Waals surface area (Å²) in [6, 6.07) is 16.2. The van der Waals surface area contributed by atoms with Crippen molar-refractivity contribution in [3.8, 4) is 22.4 Å². The van der Waals surface area contributed by atoms with Crippen LogP contribution in [0.5, 0.6) is 0 Å². The monoisotopic (exact) mass is 267 g/mol. The molecule has 3 rings (SSSR count). The maximum Gasteiger partial charge on any atom is 0.123 e. The molecule has 0 N–H and O–H groups in total. The number of rotatable bonds is 2. The molecule has 0 spiro atoms. The Bertz CT molecular complexity index is 637. The van der Waals surface area contributed by atoms with E-state index in [0.717, 1.165) is 22.4 Å². The standard InChI is InChI=1S/C17H11F2N/c18-15-6-1-12(2-7-15)14-5-10-17(20-11-14)13-3-8-16(19)9-4-13/h1-11H. The molecule has 0 amide bonds. The molecule has 2 aromatic carbocycles. The highest BCUT2D eigenvalue weighted by Gasteiger charge is 2.02. The smallest absolute Gasteiger partial charge is 0.123 e. The largest absolute Gasteiger partial charge is 0.256 e. The number of aromatic nitrogens is 1. The summed E-state index contributed by atoms with van der Waals surface area (Å²) in [7, 11) is 0. The number of hydrogen-bond donors (Lipinski definition) is 0. The number of pyridine rings is 1. The number of halogens is 2. The van der Waals surface area contributed by atoms with Gasteiger partial charge in [-0.2, -0.15) is 0 Å². The van der Waals surface area contributed by atoms with Gasteiger partial charge >= 0.3 is 0 Å². The van der Waals surface area contributed by atoms with Crippen LogP contribution >= 0.6 is 0 Å². The molecule has 20 heavy (non-hydrogen) atoms. The maximum atomic E-state index is 12.9. The van der Waals surface area contributed by atoms with Crippen molar-refractivity contribution in [3.05, 3.63) is 78.5 Å². The van der Waals surface area contributed by atoms with Gasteiger partial charge in [-0.15, -0.1) is 0 Å². The van der Waals surface area contributed by atoms with Gasteiger partial charge in [0.15, 0.2) is 0 Å². The van der Waals surface area contributed by atoms with Crippen molar-refractivity contribution < 1.29 is 8.78 Å². The fourth-order valence-electron chi connectivity index (χ4n) is 2.00. The average Bonchev–Trinajstić information content (AvgIpc) is 2.49. The van der Waals surface area contributed by atoms with Crippen molar-refractivity contribution in [2.24, 2.45) is 0 Å². The lowest BCUT2D eigenvalue weighted by atomic mass is 10.1. The molecule has 0 aliphatic carbocycles. The van der Waals surface area contributed by atoms with E-state index in [9.17, 15) is 8.78 Å². The van der Waals surface area contributed by atoms with Gasteiger partial charge in [-0.25, -0.2) is 8.78 Å². The fourth-order valence-corrected chi connectivity index (χ4v) is 2.00. The minimum absolute atomic E-state index is 0.260. The molecule has 98 valence electrons. The summed E-state index contributed by atoms with van der Waals surface area (Å²) >= 11 is 0. The first kappa shape index (κ1) is 12.5. The fraction of sp³-hybridized carbons (Fsp3) is 0. The second kappa shape index (κ2) is 5.21. The number of nitrogens with zero attached hydrogens (tertiary/aromatic N) is 1. The van der Waals surface area contributed by atoms with E-state index in [-0.39, 0.29) is 11.6 Å². The molecule has 3 heteroatoms. The third kappa shape index (κ3) is 2.57. The Morgan fingerprint density at radius 2 is 1.05 bits per heavy atom. The van der Waals surface area contributed by atoms with Crippen LogP contribution in [0.15, 0.2) is 66.9 Å². The van der Waals surface area contributed by atoms with Gasteiger partial charge in [0.05, 0.1) is 5.69 Å². The van der Waals surface area contributed by atoms with Gasteiger partial charge in [-0.1, -0.05) is 18.2 Å². The van der Waals surface area contributed by atoms with Crippen LogP contribution in [0.1, 0.15) is 0 Å². The van der Waals surface area contributed by atoms with Crippen LogP contribution in [0.2, 0.25) is 0 Å². The molecule has 0 saturated carbocycles. The molecule has 1 heterocycles. The zero-order chi connectivity index (χ0) is 13.9. The highest BCUT2D eigenvalue weighted by molar-refractivity contribution is 5.66. The Morgan fingerprint density at radius 3 is 1.55 bits per heavy atom. The minimum Gasteiger partial charge on any atom is -0.256 e. The lowest BCUT2D eigenvalue weighted by molar-refractivity contribution is 0.627. The Morgan fingerprint density at radius 1 is 0.550 bits per heavy atom. The summed E-state index contributed by atoms with van der Waals surface area (Å²) in [4.78, 5) is 4.36. The average molecular weight is 267 g/mol. The van der Waals surface area contributed by atoms with Crippen molar-refractivity contribution in [3.63, 3.8) is 0 Å². The van der Waals surface area contributed by atoms with Crippen LogP contribution in [-0.2, 0) is 0 Å². The van der Waals surface area contributed by atoms with Crippen LogP contribution in [0.3, 0.4) is 0 Å². The van der Waals surface area contributed by atoms with E-state index in [0.29, 0.717) is 0 Å². The molecule has 0 unspecified atom stereocenters. The van der Waals surface area contributed by atoms with Gasteiger partial charge in [0.25, 0.3) is 0 Å². The molecule has 1 nitrogen and oxygen atoms in total. The van der Waals surface area contributed by atoms with Gasteiger partial charge in [0.1, 0.15) is 11.6 Å². The molecular formula is C17H11F2N. The predicted molar refractivity (Wildman–Crippen MR) is 75.0 cm³/mol. The van der Waals surface area contributed by atoms with E-state index in [2.05, 4.69) is 4.98 Å². The summed E-state index contributed by atoms with van der Waals surface area (Å²) in [5.41, 5.74) is 3.45. The van der Waals surface area contributed by atoms with Gasteiger partial charge < -0.3 is 0 Å². The highest BCUT2D eigenvalue weighted by Crippen LogP contribution is 2.22. The Labute approximate surface area is 115 Å². The van der Waals surface area contributed by atoms with Crippen LogP contribution in [-0.4, -0.2) is 4.98 Å². The van der Waals surface area contributed by atoms with Crippen molar-refractivity contribution >= 4 is 0 Å². The van der Waals surface area contributed by atoms with E-state index in [1.165, 1.54) is 24.3 Å². The molecule has 0 aliphatic rings. The minimum atomic E-state index is -0.267. The molecule has 0 atom stereocenters. The second-order valence-corrected chi connectivity index (χ2v) is 4.45. The molecule has 0 radical (unpaired) electrons. The van der Waals surface area contributed by atoms with Crippen LogP contribution < -0.4 is 0 Å². The molecule has 0 fully saturated rings. The van der Waals surface area contributed by atoms with E-state index in [4.69, 9.17) is 0 Å². The van der Waals surface area contributed by atoms with Crippen LogP contribution in [0.25, 0.3) is 22.4 Å². The maximum absolute atomic E-state index is 12.9. The first-order chi connectivity index (χ1) is 9.72. The number of benzene rings is 2. The quantitative estimate of drug-likeness (QED) is 0.656. The van der Waals surface area contributed by atoms with Crippen molar-refractivity contribution in [2.45, 2.75) is 0 Å². The van der Waals surface area contributed by atoms with Crippen LogP contribution in [0.4, 0.5) is 8.78 Å². The summed E-state index contributed by atoms with van der Waals surface area (Å²) in [6.07, 6.45) is 1.73. The number of hydrogen-bond acceptors (Lipinski definition) is 1. The van der Waals surface area contributed by atoms with Crippen molar-refractivity contribution in [1.29, 1.82) is 0 Å². The Balaban J connectivity index is 1.91. The van der Waals surface area contributed by atoms with Gasteiger partial charge in [0, 0.05) is 17.3 Å². The molecular weight excluding hydrogens is 256 g/mol. The highest BCUT2D eigenvalue weighted by atomic mass is 19.1. The van der Waals surface area contributed by atoms with E-state index >= 15 is 0 Å². The first-order valence-electron chi connectivity index (χ1n) is 6.20. The van der Waals surface area contributed by atoms with Gasteiger partial charge in [0.2, 0.25) is 0 Å². The first-order valence-corrected chi connectivity index (χ1v) is 6.20. The molecule has 3 aromatic rings. The predicted octanol–water partition coefficient (Wildman–Crippen LogP) is 4.69. The van der Waals surface area contributed by atoms with E-state index in [1.807, 2.05) is 12.1 Å². The van der Waals surface area contributed by atoms with Crippen LogP contribution in [0, 0.1) is 11.6 Å². The van der Waals surface area contributed by atoms with Gasteiger partial charge in [-0.05, 0) is 48.0 Å². The normalized spacial score (nSPS) is 10.5. The zero-order valence-corrected chi connectivity index (χ0v) is 10.6. The summed E-state index contributed by atoms with van der Waals surface area (Å²) < 4.78 is 25.7. The van der Waals surface area contributed by atoms with E-state index < -0.39 is 0 Å². The Hall–Kier alpha value is -2.55. The molecule has 0 aliphatic heterocycles. The third-order valence-corrected chi connectivity index (χ3v) is 3.08. The zero-order valence-electron chi connectivity index (χ0n) is 10.6. The summed E-state index contributed by atoms with van der Waals surface area (Å²) in [5, 5.41) is 0. The molecule has 0 saturated heterocycles. The topological polar surface area (TPSA) is 12.9 Å². The van der Waals surface area contributed by atoms with Gasteiger partial charge in [-0.3, -0.25) is 4.98 Å².